The molecule has 0 amide bonds. The molecule has 0 unspecified atom stereocenters. The Morgan fingerprint density at radius 2 is 1.80 bits per heavy atom. The van der Waals surface area contributed by atoms with E-state index in [1.807, 2.05) is 50.2 Å². The molecular formula is C26H23FO3. The maximum atomic E-state index is 13.1. The summed E-state index contributed by atoms with van der Waals surface area (Å²) in [7, 11) is 0. The van der Waals surface area contributed by atoms with E-state index in [0.29, 0.717) is 24.3 Å². The van der Waals surface area contributed by atoms with Gasteiger partial charge >= 0.3 is 0 Å². The first-order valence-electron chi connectivity index (χ1n) is 9.91. The van der Waals surface area contributed by atoms with Gasteiger partial charge in [0.2, 0.25) is 0 Å². The van der Waals surface area contributed by atoms with Crippen molar-refractivity contribution in [2.45, 2.75) is 32.5 Å². The minimum absolute atomic E-state index is 0.164. The zero-order valence-corrected chi connectivity index (χ0v) is 17.0. The topological polar surface area (TPSA) is 35.5 Å². The second kappa shape index (κ2) is 8.15. The smallest absolute Gasteiger partial charge is 0.189 e. The van der Waals surface area contributed by atoms with Crippen molar-refractivity contribution in [1.82, 2.24) is 0 Å². The van der Waals surface area contributed by atoms with E-state index in [-0.39, 0.29) is 11.6 Å². The quantitative estimate of drug-likeness (QED) is 0.374. The number of carbonyl (C=O) groups is 1. The van der Waals surface area contributed by atoms with Crippen molar-refractivity contribution in [3.8, 4) is 11.5 Å². The molecule has 0 fully saturated rings. The van der Waals surface area contributed by atoms with Gasteiger partial charge in [-0.05, 0) is 55.3 Å². The van der Waals surface area contributed by atoms with E-state index in [4.69, 9.17) is 9.47 Å². The van der Waals surface area contributed by atoms with Crippen LogP contribution < -0.4 is 9.47 Å². The van der Waals surface area contributed by atoms with Crippen LogP contribution in [0.25, 0.3) is 6.08 Å². The van der Waals surface area contributed by atoms with Crippen molar-refractivity contribution >= 4 is 11.9 Å². The summed E-state index contributed by atoms with van der Waals surface area (Å²) in [6.45, 7) is 4.44. The van der Waals surface area contributed by atoms with Crippen LogP contribution in [-0.4, -0.2) is 11.4 Å². The van der Waals surface area contributed by atoms with Crippen LogP contribution in [0.15, 0.2) is 72.8 Å². The van der Waals surface area contributed by atoms with E-state index < -0.39 is 5.60 Å². The number of rotatable bonds is 6. The van der Waals surface area contributed by atoms with Crippen molar-refractivity contribution < 1.29 is 18.7 Å². The number of carbonyl (C=O) groups excluding carboxylic acids is 1. The maximum absolute atomic E-state index is 13.1. The molecule has 152 valence electrons. The fraction of sp³-hybridized carbons (Fsp3) is 0.192. The first-order chi connectivity index (χ1) is 14.4. The third-order valence-corrected chi connectivity index (χ3v) is 5.00. The Kier molecular flexibility index (Phi) is 5.40. The number of hydrogen-bond acceptors (Lipinski definition) is 3. The molecule has 0 saturated carbocycles. The second-order valence-electron chi connectivity index (χ2n) is 7.98. The van der Waals surface area contributed by atoms with Gasteiger partial charge in [-0.25, -0.2) is 4.39 Å². The highest BCUT2D eigenvalue weighted by Gasteiger charge is 2.35. The summed E-state index contributed by atoms with van der Waals surface area (Å²) in [5.41, 5.74) is 2.83. The number of allylic oxidation sites excluding steroid dienone is 1. The molecule has 30 heavy (non-hydrogen) atoms. The van der Waals surface area contributed by atoms with Crippen LogP contribution in [0.4, 0.5) is 4.39 Å². The molecule has 0 radical (unpaired) electrons. The Hall–Kier alpha value is -3.40. The fourth-order valence-corrected chi connectivity index (χ4v) is 3.53. The average molecular weight is 402 g/mol. The van der Waals surface area contributed by atoms with Crippen molar-refractivity contribution in [3.63, 3.8) is 0 Å². The van der Waals surface area contributed by atoms with Crippen molar-refractivity contribution in [1.29, 1.82) is 0 Å². The lowest BCUT2D eigenvalue weighted by molar-refractivity contribution is 0.103. The first-order valence-corrected chi connectivity index (χ1v) is 9.91. The predicted molar refractivity (Wildman–Crippen MR) is 115 cm³/mol. The lowest BCUT2D eigenvalue weighted by Gasteiger charge is -2.17. The third-order valence-electron chi connectivity index (χ3n) is 5.00. The van der Waals surface area contributed by atoms with Crippen LogP contribution in [0.3, 0.4) is 0 Å². The highest BCUT2D eigenvalue weighted by atomic mass is 19.1. The molecule has 0 spiro atoms. The van der Waals surface area contributed by atoms with Gasteiger partial charge in [-0.15, -0.1) is 0 Å². The summed E-state index contributed by atoms with van der Waals surface area (Å²) in [6.07, 6.45) is 3.82. The summed E-state index contributed by atoms with van der Waals surface area (Å²) in [5, 5.41) is 0. The van der Waals surface area contributed by atoms with Crippen molar-refractivity contribution in [2.75, 3.05) is 0 Å². The van der Waals surface area contributed by atoms with Gasteiger partial charge in [0, 0.05) is 12.0 Å². The van der Waals surface area contributed by atoms with Crippen LogP contribution >= 0.6 is 0 Å². The lowest BCUT2D eigenvalue weighted by atomic mass is 9.98. The minimum Gasteiger partial charge on any atom is -0.488 e. The van der Waals surface area contributed by atoms with E-state index in [9.17, 15) is 9.18 Å². The summed E-state index contributed by atoms with van der Waals surface area (Å²) < 4.78 is 25.2. The van der Waals surface area contributed by atoms with E-state index >= 15 is 0 Å². The Morgan fingerprint density at radius 3 is 2.53 bits per heavy atom. The molecule has 3 aromatic carbocycles. The van der Waals surface area contributed by atoms with E-state index in [1.54, 1.807) is 24.3 Å². The summed E-state index contributed by atoms with van der Waals surface area (Å²) in [5.74, 6) is 0.846. The van der Waals surface area contributed by atoms with E-state index in [1.165, 1.54) is 18.2 Å². The molecule has 1 heterocycles. The zero-order chi connectivity index (χ0) is 21.1. The molecule has 0 aliphatic carbocycles. The molecule has 0 atom stereocenters. The van der Waals surface area contributed by atoms with Gasteiger partial charge in [-0.1, -0.05) is 48.5 Å². The van der Waals surface area contributed by atoms with Gasteiger partial charge in [-0.3, -0.25) is 4.79 Å². The monoisotopic (exact) mass is 402 g/mol. The van der Waals surface area contributed by atoms with Crippen LogP contribution in [0.1, 0.15) is 40.9 Å². The van der Waals surface area contributed by atoms with Crippen molar-refractivity contribution in [2.24, 2.45) is 0 Å². The van der Waals surface area contributed by atoms with Crippen LogP contribution in [0, 0.1) is 5.82 Å². The Labute approximate surface area is 175 Å². The lowest BCUT2D eigenvalue weighted by Crippen LogP contribution is -2.25. The fourth-order valence-electron chi connectivity index (χ4n) is 3.53. The number of ketones is 1. The normalized spacial score (nSPS) is 14.4. The zero-order valence-electron chi connectivity index (χ0n) is 17.0. The van der Waals surface area contributed by atoms with Gasteiger partial charge < -0.3 is 9.47 Å². The first kappa shape index (κ1) is 19.9. The number of ether oxygens (including phenoxy) is 2. The number of benzene rings is 3. The summed E-state index contributed by atoms with van der Waals surface area (Å²) in [4.78, 5) is 12.9. The predicted octanol–water partition coefficient (Wildman–Crippen LogP) is 6.01. The molecule has 1 aliphatic rings. The number of hydrogen-bond donors (Lipinski definition) is 0. The highest BCUT2D eigenvalue weighted by Crippen LogP contribution is 2.43. The summed E-state index contributed by atoms with van der Waals surface area (Å²) in [6, 6.07) is 19.5. The minimum atomic E-state index is -0.412. The Morgan fingerprint density at radius 1 is 1.07 bits per heavy atom. The maximum Gasteiger partial charge on any atom is 0.189 e. The van der Waals surface area contributed by atoms with E-state index in [2.05, 4.69) is 0 Å². The molecule has 3 nitrogen and oxygen atoms in total. The third kappa shape index (κ3) is 4.43. The molecule has 4 heteroatoms. The molecular weight excluding hydrogens is 379 g/mol. The van der Waals surface area contributed by atoms with Gasteiger partial charge in [0.05, 0.1) is 5.56 Å². The van der Waals surface area contributed by atoms with Gasteiger partial charge in [0.15, 0.2) is 5.78 Å². The van der Waals surface area contributed by atoms with Gasteiger partial charge in [0.25, 0.3) is 0 Å². The largest absolute Gasteiger partial charge is 0.488 e. The molecule has 1 aliphatic heterocycles. The standard InChI is InChI=1S/C26H23FO3/c1-26(2)16-22-24(29-17-19-6-4-3-5-7-19)15-13-21(25(22)30-26)23(28)14-10-18-8-11-20(27)12-9-18/h3-15H,16-17H2,1-2H3/b14-10+. The van der Waals surface area contributed by atoms with Crippen LogP contribution in [-0.2, 0) is 13.0 Å². The highest BCUT2D eigenvalue weighted by molar-refractivity contribution is 6.09. The molecule has 0 bridgehead atoms. The molecule has 4 rings (SSSR count). The molecule has 0 N–H and O–H groups in total. The Balaban J connectivity index is 1.59. The Bertz CT molecular complexity index is 1080. The van der Waals surface area contributed by atoms with Gasteiger partial charge in [-0.2, -0.15) is 0 Å². The van der Waals surface area contributed by atoms with Crippen LogP contribution in [0.5, 0.6) is 11.5 Å². The second-order valence-corrected chi connectivity index (χ2v) is 7.98. The summed E-state index contributed by atoms with van der Waals surface area (Å²) >= 11 is 0. The van der Waals surface area contributed by atoms with Crippen LogP contribution in [0.2, 0.25) is 0 Å². The average Bonchev–Trinajstić information content (AvgIpc) is 3.07. The molecule has 0 saturated heterocycles. The number of halogens is 1. The molecule has 3 aromatic rings. The number of fused-ring (bicyclic) bond motifs is 1. The SMILES string of the molecule is CC1(C)Cc2c(OCc3ccccc3)ccc(C(=O)/C=C/c3ccc(F)cc3)c2O1. The van der Waals surface area contributed by atoms with Gasteiger partial charge in [0.1, 0.15) is 29.5 Å². The van der Waals surface area contributed by atoms with E-state index in [0.717, 1.165) is 22.4 Å². The molecule has 0 aromatic heterocycles. The van der Waals surface area contributed by atoms with Crippen molar-refractivity contribution in [3.05, 3.63) is 101 Å².